The molecule has 0 aromatic heterocycles. The summed E-state index contributed by atoms with van der Waals surface area (Å²) in [5, 5.41) is 3.35. The lowest BCUT2D eigenvalue weighted by Gasteiger charge is -2.26. The summed E-state index contributed by atoms with van der Waals surface area (Å²) >= 11 is 3.53. The zero-order chi connectivity index (χ0) is 11.5. The van der Waals surface area contributed by atoms with Gasteiger partial charge in [-0.05, 0) is 23.6 Å². The number of methoxy groups -OCH3 is 1. The first-order valence-corrected chi connectivity index (χ1v) is 6.06. The minimum absolute atomic E-state index is 0.157. The van der Waals surface area contributed by atoms with E-state index in [0.717, 1.165) is 17.4 Å². The molecule has 1 aromatic rings. The number of halogens is 1. The lowest BCUT2D eigenvalue weighted by Crippen LogP contribution is -2.37. The Morgan fingerprint density at radius 3 is 3.19 bits per heavy atom. The summed E-state index contributed by atoms with van der Waals surface area (Å²) < 4.78 is 5.81. The Labute approximate surface area is 103 Å². The molecule has 4 heteroatoms. The highest BCUT2D eigenvalue weighted by molar-refractivity contribution is 9.10. The molecule has 0 saturated carbocycles. The number of ether oxygens (including phenoxy) is 1. The maximum absolute atomic E-state index is 11.2. The molecule has 0 amide bonds. The van der Waals surface area contributed by atoms with E-state index in [-0.39, 0.29) is 12.0 Å². The highest BCUT2D eigenvalue weighted by Gasteiger charge is 2.21. The van der Waals surface area contributed by atoms with Crippen molar-refractivity contribution in [2.75, 3.05) is 7.11 Å². The summed E-state index contributed by atoms with van der Waals surface area (Å²) in [7, 11) is 1.43. The number of esters is 1. The molecule has 1 aromatic carbocycles. The van der Waals surface area contributed by atoms with Crippen molar-refractivity contribution in [3.05, 3.63) is 33.8 Å². The standard InChI is InChI=1S/C12H14BrNO2/c1-16-12(15)6-9-5-8-3-2-4-11(13)10(8)7-14-9/h2-4,9,14H,5-7H2,1H3. The lowest BCUT2D eigenvalue weighted by atomic mass is 9.94. The van der Waals surface area contributed by atoms with E-state index in [2.05, 4.69) is 32.0 Å². The highest BCUT2D eigenvalue weighted by Crippen LogP contribution is 2.25. The lowest BCUT2D eigenvalue weighted by molar-refractivity contribution is -0.141. The van der Waals surface area contributed by atoms with Crippen molar-refractivity contribution in [2.24, 2.45) is 0 Å². The first-order chi connectivity index (χ1) is 7.70. The maximum atomic E-state index is 11.2. The van der Waals surface area contributed by atoms with Gasteiger partial charge in [0.1, 0.15) is 0 Å². The maximum Gasteiger partial charge on any atom is 0.307 e. The molecule has 16 heavy (non-hydrogen) atoms. The average Bonchev–Trinajstić information content (AvgIpc) is 2.29. The second-order valence-electron chi connectivity index (χ2n) is 3.94. The van der Waals surface area contributed by atoms with E-state index in [4.69, 9.17) is 0 Å². The van der Waals surface area contributed by atoms with Crippen molar-refractivity contribution in [1.29, 1.82) is 0 Å². The number of carbonyl (C=O) groups excluding carboxylic acids is 1. The Balaban J connectivity index is 2.09. The summed E-state index contributed by atoms with van der Waals surface area (Å²) in [6.45, 7) is 0.804. The minimum Gasteiger partial charge on any atom is -0.469 e. The van der Waals surface area contributed by atoms with Gasteiger partial charge in [0, 0.05) is 17.1 Å². The van der Waals surface area contributed by atoms with Crippen LogP contribution in [0.5, 0.6) is 0 Å². The summed E-state index contributed by atoms with van der Waals surface area (Å²) in [5.74, 6) is -0.157. The van der Waals surface area contributed by atoms with Crippen LogP contribution in [0.15, 0.2) is 22.7 Å². The first-order valence-electron chi connectivity index (χ1n) is 5.27. The van der Waals surface area contributed by atoms with Crippen molar-refractivity contribution in [2.45, 2.75) is 25.4 Å². The smallest absolute Gasteiger partial charge is 0.307 e. The van der Waals surface area contributed by atoms with Gasteiger partial charge >= 0.3 is 5.97 Å². The molecule has 2 rings (SSSR count). The van der Waals surface area contributed by atoms with Crippen molar-refractivity contribution >= 4 is 21.9 Å². The van der Waals surface area contributed by atoms with Crippen molar-refractivity contribution in [3.63, 3.8) is 0 Å². The molecule has 1 atom stereocenters. The zero-order valence-electron chi connectivity index (χ0n) is 9.13. The normalized spacial score (nSPS) is 19.0. The molecule has 0 saturated heterocycles. The fourth-order valence-corrected chi connectivity index (χ4v) is 2.55. The number of rotatable bonds is 2. The van der Waals surface area contributed by atoms with E-state index in [1.165, 1.54) is 18.2 Å². The Kier molecular flexibility index (Phi) is 3.61. The molecule has 1 aliphatic rings. The van der Waals surface area contributed by atoms with Crippen LogP contribution in [0, 0.1) is 0 Å². The molecule has 0 spiro atoms. The molecule has 1 aliphatic heterocycles. The van der Waals surface area contributed by atoms with Crippen molar-refractivity contribution in [1.82, 2.24) is 5.32 Å². The SMILES string of the molecule is COC(=O)CC1Cc2cccc(Br)c2CN1. The number of benzene rings is 1. The third-order valence-corrected chi connectivity index (χ3v) is 3.63. The molecule has 3 nitrogen and oxygen atoms in total. The monoisotopic (exact) mass is 283 g/mol. The van der Waals surface area contributed by atoms with Crippen LogP contribution in [0.1, 0.15) is 17.5 Å². The van der Waals surface area contributed by atoms with Crippen LogP contribution < -0.4 is 5.32 Å². The van der Waals surface area contributed by atoms with E-state index in [1.54, 1.807) is 0 Å². The van der Waals surface area contributed by atoms with Gasteiger partial charge in [-0.2, -0.15) is 0 Å². The third-order valence-electron chi connectivity index (χ3n) is 2.89. The fraction of sp³-hybridized carbons (Fsp3) is 0.417. The molecule has 1 unspecified atom stereocenters. The number of hydrogen-bond acceptors (Lipinski definition) is 3. The van der Waals surface area contributed by atoms with Crippen LogP contribution in [-0.2, 0) is 22.5 Å². The molecular weight excluding hydrogens is 270 g/mol. The average molecular weight is 284 g/mol. The van der Waals surface area contributed by atoms with E-state index >= 15 is 0 Å². The van der Waals surface area contributed by atoms with Crippen molar-refractivity contribution < 1.29 is 9.53 Å². The molecule has 0 radical (unpaired) electrons. The number of fused-ring (bicyclic) bond motifs is 1. The summed E-state index contributed by atoms with van der Waals surface area (Å²) in [4.78, 5) is 11.2. The largest absolute Gasteiger partial charge is 0.469 e. The highest BCUT2D eigenvalue weighted by atomic mass is 79.9. The van der Waals surface area contributed by atoms with E-state index in [9.17, 15) is 4.79 Å². The van der Waals surface area contributed by atoms with Gasteiger partial charge in [-0.3, -0.25) is 4.79 Å². The molecule has 0 bridgehead atoms. The first kappa shape index (κ1) is 11.6. The molecular formula is C12H14BrNO2. The zero-order valence-corrected chi connectivity index (χ0v) is 10.7. The molecule has 1 heterocycles. The van der Waals surface area contributed by atoms with Crippen LogP contribution in [0.25, 0.3) is 0 Å². The Morgan fingerprint density at radius 2 is 2.44 bits per heavy atom. The quantitative estimate of drug-likeness (QED) is 0.844. The van der Waals surface area contributed by atoms with Crippen molar-refractivity contribution in [3.8, 4) is 0 Å². The fourth-order valence-electron chi connectivity index (χ4n) is 2.01. The van der Waals surface area contributed by atoms with Gasteiger partial charge in [-0.15, -0.1) is 0 Å². The third kappa shape index (κ3) is 2.44. The second-order valence-corrected chi connectivity index (χ2v) is 4.79. The van der Waals surface area contributed by atoms with Gasteiger partial charge in [-0.25, -0.2) is 0 Å². The van der Waals surface area contributed by atoms with E-state index in [0.29, 0.717) is 6.42 Å². The Bertz CT molecular complexity index is 406. The van der Waals surface area contributed by atoms with E-state index < -0.39 is 0 Å². The van der Waals surface area contributed by atoms with Crippen LogP contribution in [0.3, 0.4) is 0 Å². The molecule has 0 aliphatic carbocycles. The molecule has 1 N–H and O–H groups in total. The van der Waals surface area contributed by atoms with Gasteiger partial charge in [-0.1, -0.05) is 28.1 Å². The van der Waals surface area contributed by atoms with Gasteiger partial charge in [0.05, 0.1) is 13.5 Å². The number of hydrogen-bond donors (Lipinski definition) is 1. The summed E-state index contributed by atoms with van der Waals surface area (Å²) in [5.41, 5.74) is 2.60. The second kappa shape index (κ2) is 4.97. The topological polar surface area (TPSA) is 38.3 Å². The number of nitrogens with one attached hydrogen (secondary N) is 1. The Hall–Kier alpha value is -0.870. The predicted octanol–water partition coefficient (Wildman–Crippen LogP) is 2.03. The minimum atomic E-state index is -0.157. The van der Waals surface area contributed by atoms with Gasteiger partial charge < -0.3 is 10.1 Å². The molecule has 86 valence electrons. The van der Waals surface area contributed by atoms with Crippen LogP contribution >= 0.6 is 15.9 Å². The van der Waals surface area contributed by atoms with Gasteiger partial charge in [0.25, 0.3) is 0 Å². The van der Waals surface area contributed by atoms with Gasteiger partial charge in [0.15, 0.2) is 0 Å². The predicted molar refractivity (Wildman–Crippen MR) is 65.1 cm³/mol. The summed E-state index contributed by atoms with van der Waals surface area (Å²) in [6, 6.07) is 6.38. The van der Waals surface area contributed by atoms with Crippen LogP contribution in [-0.4, -0.2) is 19.1 Å². The summed E-state index contributed by atoms with van der Waals surface area (Å²) in [6.07, 6.45) is 1.31. The van der Waals surface area contributed by atoms with E-state index in [1.807, 2.05) is 12.1 Å². The molecule has 0 fully saturated rings. The number of carbonyl (C=O) groups is 1. The Morgan fingerprint density at radius 1 is 1.62 bits per heavy atom. The van der Waals surface area contributed by atoms with Gasteiger partial charge in [0.2, 0.25) is 0 Å². The van der Waals surface area contributed by atoms with Crippen LogP contribution in [0.2, 0.25) is 0 Å². The van der Waals surface area contributed by atoms with Crippen LogP contribution in [0.4, 0.5) is 0 Å².